The highest BCUT2D eigenvalue weighted by molar-refractivity contribution is 7.21. The summed E-state index contributed by atoms with van der Waals surface area (Å²) in [6, 6.07) is 5.84. The molecule has 0 aliphatic carbocycles. The predicted molar refractivity (Wildman–Crippen MR) is 69.2 cm³/mol. The number of carbonyl (C=O) groups excluding carboxylic acids is 1. The molecule has 16 heavy (non-hydrogen) atoms. The van der Waals surface area contributed by atoms with Gasteiger partial charge in [-0.2, -0.15) is 0 Å². The maximum absolute atomic E-state index is 11.2. The first-order chi connectivity index (χ1) is 7.65. The Morgan fingerprint density at radius 3 is 2.81 bits per heavy atom. The van der Waals surface area contributed by atoms with Gasteiger partial charge in [0.25, 0.3) is 5.91 Å². The van der Waals surface area contributed by atoms with Crippen LogP contribution in [0.2, 0.25) is 0 Å². The van der Waals surface area contributed by atoms with Gasteiger partial charge in [0, 0.05) is 16.0 Å². The second-order valence-electron chi connectivity index (χ2n) is 3.44. The van der Waals surface area contributed by atoms with Crippen molar-refractivity contribution < 1.29 is 4.79 Å². The average molecular weight is 255 g/mol. The Morgan fingerprint density at radius 1 is 1.44 bits per heavy atom. The van der Waals surface area contributed by atoms with Crippen LogP contribution in [0.3, 0.4) is 0 Å². The quantitative estimate of drug-likeness (QED) is 0.826. The lowest BCUT2D eigenvalue weighted by atomic mass is 10.1. The van der Waals surface area contributed by atoms with E-state index < -0.39 is 5.91 Å². The monoisotopic (exact) mass is 254 g/mol. The first-order valence-electron chi connectivity index (χ1n) is 4.80. The normalized spacial score (nSPS) is 10.8. The smallest absolute Gasteiger partial charge is 0.260 e. The van der Waals surface area contributed by atoms with E-state index in [1.54, 1.807) is 0 Å². The Hall–Kier alpha value is -1.26. The Balaban J connectivity index is 2.71. The number of alkyl halides is 1. The topological polar surface area (TPSA) is 69.1 Å². The van der Waals surface area contributed by atoms with Gasteiger partial charge in [-0.1, -0.05) is 12.1 Å². The van der Waals surface area contributed by atoms with Crippen LogP contribution in [0.5, 0.6) is 0 Å². The minimum atomic E-state index is -0.476. The molecule has 2 rings (SSSR count). The van der Waals surface area contributed by atoms with Crippen LogP contribution >= 0.6 is 22.9 Å². The molecule has 0 aliphatic heterocycles. The Morgan fingerprint density at radius 2 is 2.19 bits per heavy atom. The molecule has 5 heteroatoms. The number of hydrogen-bond acceptors (Lipinski definition) is 3. The molecule has 3 nitrogen and oxygen atoms in total. The number of nitrogens with two attached hydrogens (primary N) is 2. The van der Waals surface area contributed by atoms with Crippen molar-refractivity contribution in [1.29, 1.82) is 0 Å². The van der Waals surface area contributed by atoms with Crippen LogP contribution < -0.4 is 11.5 Å². The van der Waals surface area contributed by atoms with Crippen molar-refractivity contribution in [2.75, 3.05) is 11.6 Å². The summed E-state index contributed by atoms with van der Waals surface area (Å²) in [5.74, 6) is 0.0517. The van der Waals surface area contributed by atoms with Gasteiger partial charge in [0.15, 0.2) is 0 Å². The van der Waals surface area contributed by atoms with Crippen molar-refractivity contribution >= 4 is 44.6 Å². The van der Waals surface area contributed by atoms with Gasteiger partial charge in [-0.15, -0.1) is 22.9 Å². The molecule has 0 atom stereocenters. The Kier molecular flexibility index (Phi) is 3.03. The van der Waals surface area contributed by atoms with E-state index >= 15 is 0 Å². The molecule has 84 valence electrons. The van der Waals surface area contributed by atoms with Gasteiger partial charge in [-0.05, 0) is 18.1 Å². The van der Waals surface area contributed by atoms with Crippen LogP contribution in [-0.4, -0.2) is 11.8 Å². The lowest BCUT2D eigenvalue weighted by Gasteiger charge is -2.01. The molecule has 0 aliphatic rings. The molecule has 1 aromatic carbocycles. The van der Waals surface area contributed by atoms with Gasteiger partial charge < -0.3 is 11.5 Å². The molecule has 0 saturated carbocycles. The van der Waals surface area contributed by atoms with Crippen LogP contribution in [0.15, 0.2) is 18.2 Å². The molecule has 0 spiro atoms. The van der Waals surface area contributed by atoms with Gasteiger partial charge in [-0.3, -0.25) is 4.79 Å². The maximum Gasteiger partial charge on any atom is 0.260 e. The number of nitrogen functional groups attached to an aromatic ring is 1. The molecule has 0 unspecified atom stereocenters. The SMILES string of the molecule is NC(=O)c1sc2cccc(CCCl)c2c1N. The predicted octanol–water partition coefficient (Wildman–Crippen LogP) is 2.36. The molecule has 1 amide bonds. The zero-order chi connectivity index (χ0) is 11.7. The molecule has 1 heterocycles. The zero-order valence-corrected chi connectivity index (χ0v) is 10.1. The fourth-order valence-electron chi connectivity index (χ4n) is 1.74. The van der Waals surface area contributed by atoms with E-state index in [0.717, 1.165) is 22.1 Å². The number of thiophene rings is 1. The van der Waals surface area contributed by atoms with E-state index in [1.165, 1.54) is 11.3 Å². The molecule has 2 aromatic rings. The second-order valence-corrected chi connectivity index (χ2v) is 4.87. The van der Waals surface area contributed by atoms with Crippen LogP contribution in [0, 0.1) is 0 Å². The third-order valence-corrected chi connectivity index (χ3v) is 3.80. The number of primary amides is 1. The highest BCUT2D eigenvalue weighted by atomic mass is 35.5. The minimum absolute atomic E-state index is 0.428. The molecule has 0 bridgehead atoms. The van der Waals surface area contributed by atoms with Gasteiger partial charge in [0.05, 0.1) is 5.69 Å². The van der Waals surface area contributed by atoms with Crippen molar-refractivity contribution in [3.8, 4) is 0 Å². The van der Waals surface area contributed by atoms with E-state index in [2.05, 4.69) is 0 Å². The number of hydrogen-bond donors (Lipinski definition) is 2. The highest BCUT2D eigenvalue weighted by Crippen LogP contribution is 2.35. The fourth-order valence-corrected chi connectivity index (χ4v) is 2.96. The van der Waals surface area contributed by atoms with E-state index in [4.69, 9.17) is 23.1 Å². The van der Waals surface area contributed by atoms with E-state index in [1.807, 2.05) is 18.2 Å². The number of aryl methyl sites for hydroxylation is 1. The number of amides is 1. The van der Waals surface area contributed by atoms with Crippen LogP contribution in [0.1, 0.15) is 15.2 Å². The van der Waals surface area contributed by atoms with E-state index in [-0.39, 0.29) is 0 Å². The first-order valence-corrected chi connectivity index (χ1v) is 6.16. The van der Waals surface area contributed by atoms with Crippen LogP contribution in [0.25, 0.3) is 10.1 Å². The van der Waals surface area contributed by atoms with Gasteiger partial charge in [-0.25, -0.2) is 0 Å². The number of fused-ring (bicyclic) bond motifs is 1. The lowest BCUT2D eigenvalue weighted by Crippen LogP contribution is -2.10. The lowest BCUT2D eigenvalue weighted by molar-refractivity contribution is 0.100. The van der Waals surface area contributed by atoms with Gasteiger partial charge in [0.1, 0.15) is 4.88 Å². The Labute approximate surface area is 102 Å². The summed E-state index contributed by atoms with van der Waals surface area (Å²) in [6.45, 7) is 0. The van der Waals surface area contributed by atoms with Crippen molar-refractivity contribution in [3.05, 3.63) is 28.6 Å². The molecular formula is C11H11ClN2OS. The first kappa shape index (κ1) is 11.2. The summed E-state index contributed by atoms with van der Waals surface area (Å²) in [6.07, 6.45) is 0.734. The number of anilines is 1. The third-order valence-electron chi connectivity index (χ3n) is 2.43. The van der Waals surface area contributed by atoms with Crippen LogP contribution in [-0.2, 0) is 6.42 Å². The van der Waals surface area contributed by atoms with Gasteiger partial charge >= 0.3 is 0 Å². The number of halogens is 1. The summed E-state index contributed by atoms with van der Waals surface area (Å²) in [4.78, 5) is 11.6. The molecule has 0 saturated heterocycles. The van der Waals surface area contributed by atoms with Crippen molar-refractivity contribution in [2.45, 2.75) is 6.42 Å². The third kappa shape index (κ3) is 1.74. The number of carbonyl (C=O) groups is 1. The molecule has 0 fully saturated rings. The number of rotatable bonds is 3. The molecule has 4 N–H and O–H groups in total. The Bertz CT molecular complexity index is 550. The minimum Gasteiger partial charge on any atom is -0.397 e. The van der Waals surface area contributed by atoms with Gasteiger partial charge in [0.2, 0.25) is 0 Å². The van der Waals surface area contributed by atoms with Crippen molar-refractivity contribution in [2.24, 2.45) is 5.73 Å². The number of benzene rings is 1. The summed E-state index contributed by atoms with van der Waals surface area (Å²) in [5, 5.41) is 0.918. The second kappa shape index (κ2) is 4.31. The maximum atomic E-state index is 11.2. The zero-order valence-electron chi connectivity index (χ0n) is 8.50. The summed E-state index contributed by atoms with van der Waals surface area (Å²) in [7, 11) is 0. The van der Waals surface area contributed by atoms with E-state index in [9.17, 15) is 4.79 Å². The largest absolute Gasteiger partial charge is 0.397 e. The highest BCUT2D eigenvalue weighted by Gasteiger charge is 2.15. The fraction of sp³-hybridized carbons (Fsp3) is 0.182. The van der Waals surface area contributed by atoms with Crippen molar-refractivity contribution in [3.63, 3.8) is 0 Å². The summed E-state index contributed by atoms with van der Waals surface area (Å²) < 4.78 is 0.980. The summed E-state index contributed by atoms with van der Waals surface area (Å²) >= 11 is 7.06. The van der Waals surface area contributed by atoms with Crippen LogP contribution in [0.4, 0.5) is 5.69 Å². The molecule has 1 aromatic heterocycles. The molecular weight excluding hydrogens is 244 g/mol. The summed E-state index contributed by atoms with van der Waals surface area (Å²) in [5.41, 5.74) is 12.7. The standard InChI is InChI=1S/C11H11ClN2OS/c12-5-4-6-2-1-3-7-8(6)9(13)10(16-7)11(14)15/h1-3H,4-5,13H2,(H2,14,15). The van der Waals surface area contributed by atoms with E-state index in [0.29, 0.717) is 16.4 Å². The molecule has 0 radical (unpaired) electrons. The van der Waals surface area contributed by atoms with Crippen molar-refractivity contribution in [1.82, 2.24) is 0 Å². The average Bonchev–Trinajstić information content (AvgIpc) is 2.58.